The van der Waals surface area contributed by atoms with Crippen molar-refractivity contribution in [3.05, 3.63) is 53.2 Å². The number of para-hydroxylation sites is 1. The lowest BCUT2D eigenvalue weighted by Gasteiger charge is -2.13. The highest BCUT2D eigenvalue weighted by Gasteiger charge is 2.10. The van der Waals surface area contributed by atoms with Crippen molar-refractivity contribution in [2.24, 2.45) is 5.84 Å². The highest BCUT2D eigenvalue weighted by Crippen LogP contribution is 2.21. The van der Waals surface area contributed by atoms with E-state index in [9.17, 15) is 4.79 Å². The van der Waals surface area contributed by atoms with Crippen LogP contribution in [-0.4, -0.2) is 10.9 Å². The summed E-state index contributed by atoms with van der Waals surface area (Å²) in [6.45, 7) is 4.04. The van der Waals surface area contributed by atoms with Crippen molar-refractivity contribution in [1.82, 2.24) is 4.98 Å². The zero-order chi connectivity index (χ0) is 14.5. The van der Waals surface area contributed by atoms with E-state index in [0.29, 0.717) is 11.4 Å². The van der Waals surface area contributed by atoms with E-state index in [1.54, 1.807) is 12.1 Å². The summed E-state index contributed by atoms with van der Waals surface area (Å²) in [6.07, 6.45) is 2.36. The molecule has 2 aromatic rings. The average molecular weight is 270 g/mol. The van der Waals surface area contributed by atoms with Crippen LogP contribution in [0.3, 0.4) is 0 Å². The molecule has 20 heavy (non-hydrogen) atoms. The third-order valence-electron chi connectivity index (χ3n) is 3.15. The van der Waals surface area contributed by atoms with Gasteiger partial charge in [0.15, 0.2) is 0 Å². The smallest absolute Gasteiger partial charge is 0.257 e. The highest BCUT2D eigenvalue weighted by molar-refractivity contribution is 6.05. The third-order valence-corrected chi connectivity index (χ3v) is 3.15. The molecule has 5 nitrogen and oxygen atoms in total. The van der Waals surface area contributed by atoms with Gasteiger partial charge in [-0.25, -0.2) is 10.8 Å². The molecule has 104 valence electrons. The van der Waals surface area contributed by atoms with Gasteiger partial charge in [-0.05, 0) is 36.6 Å². The lowest BCUT2D eigenvalue weighted by molar-refractivity contribution is 0.102. The van der Waals surface area contributed by atoms with E-state index in [1.807, 2.05) is 25.1 Å². The van der Waals surface area contributed by atoms with Gasteiger partial charge in [0, 0.05) is 11.9 Å². The van der Waals surface area contributed by atoms with Crippen molar-refractivity contribution in [3.8, 4) is 0 Å². The summed E-state index contributed by atoms with van der Waals surface area (Å²) < 4.78 is 0. The van der Waals surface area contributed by atoms with Crippen LogP contribution in [0.5, 0.6) is 0 Å². The number of anilines is 2. The first-order valence-corrected chi connectivity index (χ1v) is 6.48. The molecule has 0 aliphatic heterocycles. The first-order chi connectivity index (χ1) is 9.65. The number of aryl methyl sites for hydroxylation is 2. The zero-order valence-electron chi connectivity index (χ0n) is 11.6. The molecule has 1 aromatic heterocycles. The molecule has 0 aliphatic rings. The molecule has 0 radical (unpaired) electrons. The number of hydrazine groups is 1. The molecule has 0 atom stereocenters. The van der Waals surface area contributed by atoms with Gasteiger partial charge in [-0.3, -0.25) is 4.79 Å². The number of nitrogens with one attached hydrogen (secondary N) is 2. The Labute approximate surface area is 118 Å². The second-order valence-corrected chi connectivity index (χ2v) is 4.49. The maximum atomic E-state index is 12.2. The van der Waals surface area contributed by atoms with Crippen LogP contribution in [0.4, 0.5) is 11.5 Å². The average Bonchev–Trinajstić information content (AvgIpc) is 2.49. The first-order valence-electron chi connectivity index (χ1n) is 6.48. The monoisotopic (exact) mass is 270 g/mol. The van der Waals surface area contributed by atoms with Gasteiger partial charge in [-0.15, -0.1) is 0 Å². The summed E-state index contributed by atoms with van der Waals surface area (Å²) in [4.78, 5) is 16.3. The molecule has 0 fully saturated rings. The van der Waals surface area contributed by atoms with Gasteiger partial charge in [0.05, 0.1) is 5.56 Å². The number of pyridine rings is 1. The molecule has 1 heterocycles. The Hall–Kier alpha value is -2.40. The number of aromatic nitrogens is 1. The Morgan fingerprint density at radius 1 is 1.30 bits per heavy atom. The van der Waals surface area contributed by atoms with Crippen LogP contribution in [0.15, 0.2) is 36.5 Å². The molecule has 0 unspecified atom stereocenters. The predicted molar refractivity (Wildman–Crippen MR) is 80.6 cm³/mol. The maximum absolute atomic E-state index is 12.2. The van der Waals surface area contributed by atoms with Gasteiger partial charge in [0.2, 0.25) is 0 Å². The Kier molecular flexibility index (Phi) is 4.32. The summed E-state index contributed by atoms with van der Waals surface area (Å²) in [5, 5.41) is 2.95. The SMILES string of the molecule is CCc1cccc(C)c1NC(=O)c1ccc(NN)nc1. The van der Waals surface area contributed by atoms with Gasteiger partial charge in [-0.2, -0.15) is 0 Å². The molecule has 0 spiro atoms. The van der Waals surface area contributed by atoms with Crippen molar-refractivity contribution in [1.29, 1.82) is 0 Å². The summed E-state index contributed by atoms with van der Waals surface area (Å²) >= 11 is 0. The molecule has 0 aliphatic carbocycles. The standard InChI is InChI=1S/C15H18N4O/c1-3-11-6-4-5-10(2)14(11)18-15(20)12-7-8-13(19-16)17-9-12/h4-9H,3,16H2,1-2H3,(H,17,19)(H,18,20). The molecular weight excluding hydrogens is 252 g/mol. The quantitative estimate of drug-likeness (QED) is 0.589. The van der Waals surface area contributed by atoms with Gasteiger partial charge in [-0.1, -0.05) is 25.1 Å². The number of nitrogen functional groups attached to an aromatic ring is 1. The number of benzene rings is 1. The van der Waals surface area contributed by atoms with Crippen LogP contribution < -0.4 is 16.6 Å². The lowest BCUT2D eigenvalue weighted by Crippen LogP contribution is -2.15. The van der Waals surface area contributed by atoms with Gasteiger partial charge in [0.25, 0.3) is 5.91 Å². The van der Waals surface area contributed by atoms with E-state index in [0.717, 1.165) is 23.2 Å². The minimum absolute atomic E-state index is 0.176. The molecule has 2 rings (SSSR count). The Balaban J connectivity index is 2.23. The molecule has 4 N–H and O–H groups in total. The maximum Gasteiger partial charge on any atom is 0.257 e. The lowest BCUT2D eigenvalue weighted by atomic mass is 10.1. The Morgan fingerprint density at radius 2 is 2.10 bits per heavy atom. The molecule has 0 saturated heterocycles. The Morgan fingerprint density at radius 3 is 2.70 bits per heavy atom. The van der Waals surface area contributed by atoms with E-state index in [-0.39, 0.29) is 5.91 Å². The van der Waals surface area contributed by atoms with E-state index >= 15 is 0 Å². The number of carbonyl (C=O) groups is 1. The topological polar surface area (TPSA) is 80.0 Å². The van der Waals surface area contributed by atoms with Crippen LogP contribution >= 0.6 is 0 Å². The summed E-state index contributed by atoms with van der Waals surface area (Å²) in [7, 11) is 0. The largest absolute Gasteiger partial charge is 0.321 e. The number of nitrogens with zero attached hydrogens (tertiary/aromatic N) is 1. The second-order valence-electron chi connectivity index (χ2n) is 4.49. The van der Waals surface area contributed by atoms with Gasteiger partial charge >= 0.3 is 0 Å². The van der Waals surface area contributed by atoms with E-state index in [4.69, 9.17) is 5.84 Å². The fraction of sp³-hybridized carbons (Fsp3) is 0.200. The van der Waals surface area contributed by atoms with E-state index in [1.165, 1.54) is 6.20 Å². The van der Waals surface area contributed by atoms with Crippen LogP contribution in [0.1, 0.15) is 28.4 Å². The molecule has 0 saturated carbocycles. The minimum atomic E-state index is -0.176. The van der Waals surface area contributed by atoms with Crippen molar-refractivity contribution in [2.45, 2.75) is 20.3 Å². The number of hydrogen-bond donors (Lipinski definition) is 3. The number of rotatable bonds is 4. The first kappa shape index (κ1) is 14.0. The van der Waals surface area contributed by atoms with Crippen LogP contribution in [0.25, 0.3) is 0 Å². The number of hydrogen-bond acceptors (Lipinski definition) is 4. The fourth-order valence-electron chi connectivity index (χ4n) is 2.00. The Bertz CT molecular complexity index is 608. The summed E-state index contributed by atoms with van der Waals surface area (Å²) in [5.41, 5.74) is 5.96. The summed E-state index contributed by atoms with van der Waals surface area (Å²) in [5.74, 6) is 5.59. The van der Waals surface area contributed by atoms with E-state index < -0.39 is 0 Å². The van der Waals surface area contributed by atoms with Crippen LogP contribution in [0, 0.1) is 6.92 Å². The van der Waals surface area contributed by atoms with Crippen molar-refractivity contribution in [2.75, 3.05) is 10.7 Å². The van der Waals surface area contributed by atoms with Gasteiger partial charge in [0.1, 0.15) is 5.82 Å². The predicted octanol–water partition coefficient (Wildman–Crippen LogP) is 2.49. The summed E-state index contributed by atoms with van der Waals surface area (Å²) in [6, 6.07) is 9.33. The molecule has 0 bridgehead atoms. The van der Waals surface area contributed by atoms with Crippen molar-refractivity contribution < 1.29 is 4.79 Å². The van der Waals surface area contributed by atoms with Gasteiger partial charge < -0.3 is 10.7 Å². The molecular formula is C15H18N4O. The zero-order valence-corrected chi connectivity index (χ0v) is 11.6. The number of carbonyl (C=O) groups excluding carboxylic acids is 1. The fourth-order valence-corrected chi connectivity index (χ4v) is 2.00. The van der Waals surface area contributed by atoms with Crippen molar-refractivity contribution in [3.63, 3.8) is 0 Å². The molecule has 1 amide bonds. The number of amides is 1. The highest BCUT2D eigenvalue weighted by atomic mass is 16.1. The molecule has 1 aromatic carbocycles. The van der Waals surface area contributed by atoms with Crippen molar-refractivity contribution >= 4 is 17.4 Å². The second kappa shape index (κ2) is 6.16. The minimum Gasteiger partial charge on any atom is -0.321 e. The molecule has 5 heteroatoms. The van der Waals surface area contributed by atoms with Crippen LogP contribution in [0.2, 0.25) is 0 Å². The normalized spacial score (nSPS) is 10.2. The number of nitrogens with two attached hydrogens (primary N) is 1. The van der Waals surface area contributed by atoms with E-state index in [2.05, 4.69) is 22.7 Å². The third kappa shape index (κ3) is 2.95. The van der Waals surface area contributed by atoms with Crippen LogP contribution in [-0.2, 0) is 6.42 Å².